The van der Waals surface area contributed by atoms with Crippen molar-refractivity contribution in [3.8, 4) is 5.75 Å². The molecule has 21 heavy (non-hydrogen) atoms. The molecule has 116 valence electrons. The zero-order valence-corrected chi connectivity index (χ0v) is 12.1. The first kappa shape index (κ1) is 14.6. The topological polar surface area (TPSA) is 82.4 Å². The van der Waals surface area contributed by atoms with Crippen molar-refractivity contribution >= 4 is 5.69 Å². The number of hydrogen-bond donors (Lipinski definition) is 3. The summed E-state index contributed by atoms with van der Waals surface area (Å²) < 4.78 is 11.4. The highest BCUT2D eigenvalue weighted by Gasteiger charge is 2.50. The fourth-order valence-electron chi connectivity index (χ4n) is 3.02. The Bertz CT molecular complexity index is 481. The van der Waals surface area contributed by atoms with Crippen molar-refractivity contribution in [1.82, 2.24) is 0 Å². The van der Waals surface area contributed by atoms with Crippen LogP contribution in [0.3, 0.4) is 0 Å². The molecule has 3 rings (SSSR count). The summed E-state index contributed by atoms with van der Waals surface area (Å²) >= 11 is 0. The zero-order valence-electron chi connectivity index (χ0n) is 12.1. The van der Waals surface area contributed by atoms with E-state index in [2.05, 4.69) is 0 Å². The number of aromatic hydroxyl groups is 1. The maximum atomic E-state index is 10.4. The Labute approximate surface area is 123 Å². The predicted molar refractivity (Wildman–Crippen MR) is 76.2 cm³/mol. The number of rotatable bonds is 1. The van der Waals surface area contributed by atoms with E-state index in [1.807, 2.05) is 4.90 Å². The second-order valence-electron chi connectivity index (χ2n) is 6.12. The SMILES string of the molecule is CC1(C)O[C@H]2[C@H](O1)[C@H](O)CN(c1ccc(O)cc1)C[C@H]2O. The van der Waals surface area contributed by atoms with Gasteiger partial charge >= 0.3 is 0 Å². The van der Waals surface area contributed by atoms with Crippen LogP contribution in [0.2, 0.25) is 0 Å². The minimum absolute atomic E-state index is 0.181. The van der Waals surface area contributed by atoms with Crippen molar-refractivity contribution in [2.75, 3.05) is 18.0 Å². The summed E-state index contributed by atoms with van der Waals surface area (Å²) in [5.41, 5.74) is 0.824. The summed E-state index contributed by atoms with van der Waals surface area (Å²) in [5.74, 6) is -0.613. The van der Waals surface area contributed by atoms with Gasteiger partial charge in [0.2, 0.25) is 0 Å². The fourth-order valence-corrected chi connectivity index (χ4v) is 3.02. The molecule has 3 N–H and O–H groups in total. The van der Waals surface area contributed by atoms with Gasteiger partial charge in [-0.05, 0) is 38.1 Å². The molecule has 0 spiro atoms. The Kier molecular flexibility index (Phi) is 3.57. The van der Waals surface area contributed by atoms with E-state index in [9.17, 15) is 15.3 Å². The van der Waals surface area contributed by atoms with Crippen molar-refractivity contribution in [1.29, 1.82) is 0 Å². The molecule has 0 aliphatic carbocycles. The minimum Gasteiger partial charge on any atom is -0.508 e. The average molecular weight is 295 g/mol. The van der Waals surface area contributed by atoms with Gasteiger partial charge in [0.25, 0.3) is 0 Å². The van der Waals surface area contributed by atoms with Gasteiger partial charge in [-0.2, -0.15) is 0 Å². The van der Waals surface area contributed by atoms with Crippen LogP contribution in [0.4, 0.5) is 5.69 Å². The molecule has 0 saturated carbocycles. The molecule has 0 aromatic heterocycles. The van der Waals surface area contributed by atoms with Gasteiger partial charge in [0.05, 0.1) is 0 Å². The van der Waals surface area contributed by atoms with E-state index in [0.29, 0.717) is 13.1 Å². The molecule has 4 atom stereocenters. The lowest BCUT2D eigenvalue weighted by molar-refractivity contribution is -0.161. The van der Waals surface area contributed by atoms with Crippen molar-refractivity contribution in [3.63, 3.8) is 0 Å². The van der Waals surface area contributed by atoms with E-state index in [1.54, 1.807) is 38.1 Å². The normalized spacial score (nSPS) is 35.3. The largest absolute Gasteiger partial charge is 0.508 e. The smallest absolute Gasteiger partial charge is 0.164 e. The van der Waals surface area contributed by atoms with Crippen LogP contribution >= 0.6 is 0 Å². The van der Waals surface area contributed by atoms with Crippen molar-refractivity contribution < 1.29 is 24.8 Å². The second-order valence-corrected chi connectivity index (χ2v) is 6.12. The maximum absolute atomic E-state index is 10.4. The molecule has 2 fully saturated rings. The second kappa shape index (κ2) is 5.14. The van der Waals surface area contributed by atoms with Gasteiger partial charge < -0.3 is 29.7 Å². The summed E-state index contributed by atoms with van der Waals surface area (Å²) in [5, 5.41) is 30.1. The molecular weight excluding hydrogens is 274 g/mol. The molecule has 0 amide bonds. The minimum atomic E-state index is -0.794. The van der Waals surface area contributed by atoms with Crippen molar-refractivity contribution in [2.45, 2.75) is 44.1 Å². The van der Waals surface area contributed by atoms with Crippen LogP contribution in [0.25, 0.3) is 0 Å². The molecular formula is C15H21NO5. The van der Waals surface area contributed by atoms with Gasteiger partial charge in [-0.3, -0.25) is 0 Å². The molecule has 0 bridgehead atoms. The fraction of sp³-hybridized carbons (Fsp3) is 0.600. The van der Waals surface area contributed by atoms with Crippen LogP contribution in [0.1, 0.15) is 13.8 Å². The predicted octanol–water partition coefficient (Wildman–Crippen LogP) is 0.454. The number of benzene rings is 1. The summed E-state index contributed by atoms with van der Waals surface area (Å²) in [4.78, 5) is 1.87. The Morgan fingerprint density at radius 3 is 1.95 bits per heavy atom. The lowest BCUT2D eigenvalue weighted by atomic mass is 10.1. The highest BCUT2D eigenvalue weighted by Crippen LogP contribution is 2.35. The summed E-state index contributed by atoms with van der Waals surface area (Å²) in [6.45, 7) is 4.22. The molecule has 1 aromatic rings. The number of phenols is 1. The van der Waals surface area contributed by atoms with E-state index in [1.165, 1.54) is 0 Å². The lowest BCUT2D eigenvalue weighted by Gasteiger charge is -2.28. The summed E-state index contributed by atoms with van der Waals surface area (Å²) in [6.07, 6.45) is -2.61. The average Bonchev–Trinajstić information content (AvgIpc) is 2.70. The number of fused-ring (bicyclic) bond motifs is 1. The van der Waals surface area contributed by atoms with Crippen LogP contribution in [-0.2, 0) is 9.47 Å². The third-order valence-electron chi connectivity index (χ3n) is 3.95. The molecule has 6 heteroatoms. The van der Waals surface area contributed by atoms with E-state index in [0.717, 1.165) is 5.69 Å². The first-order valence-electron chi connectivity index (χ1n) is 7.11. The number of anilines is 1. The van der Waals surface area contributed by atoms with E-state index in [4.69, 9.17) is 9.47 Å². The van der Waals surface area contributed by atoms with Gasteiger partial charge in [0.1, 0.15) is 30.2 Å². The molecule has 1 aromatic carbocycles. The summed E-state index contributed by atoms with van der Waals surface area (Å²) in [7, 11) is 0. The summed E-state index contributed by atoms with van der Waals surface area (Å²) in [6, 6.07) is 6.66. The van der Waals surface area contributed by atoms with Crippen molar-refractivity contribution in [2.24, 2.45) is 0 Å². The van der Waals surface area contributed by atoms with Gasteiger partial charge in [-0.1, -0.05) is 0 Å². The van der Waals surface area contributed by atoms with Crippen LogP contribution in [0, 0.1) is 0 Å². The Morgan fingerprint density at radius 1 is 1.00 bits per heavy atom. The third kappa shape index (κ3) is 2.85. The van der Waals surface area contributed by atoms with Crippen LogP contribution in [-0.4, -0.2) is 58.6 Å². The highest BCUT2D eigenvalue weighted by molar-refractivity contribution is 5.49. The van der Waals surface area contributed by atoms with Gasteiger partial charge in [-0.25, -0.2) is 0 Å². The van der Waals surface area contributed by atoms with Crippen LogP contribution < -0.4 is 4.90 Å². The van der Waals surface area contributed by atoms with Gasteiger partial charge in [0, 0.05) is 18.8 Å². The quantitative estimate of drug-likeness (QED) is 0.698. The molecule has 2 heterocycles. The number of hydrogen-bond acceptors (Lipinski definition) is 6. The number of aliphatic hydroxyl groups excluding tert-OH is 2. The lowest BCUT2D eigenvalue weighted by Crippen LogP contribution is -2.41. The Morgan fingerprint density at radius 2 is 1.48 bits per heavy atom. The number of phenolic OH excluding ortho intramolecular Hbond substituents is 1. The standard InChI is InChI=1S/C15H21NO5/c1-15(2)20-13-11(18)7-16(8-12(19)14(13)21-15)9-3-5-10(17)6-4-9/h3-6,11-14,17-19H,7-8H2,1-2H3/t11-,12-,13-,14-/m1/s1. The first-order chi connectivity index (χ1) is 9.85. The maximum Gasteiger partial charge on any atom is 0.164 e. The first-order valence-corrected chi connectivity index (χ1v) is 7.11. The molecule has 2 aliphatic rings. The van der Waals surface area contributed by atoms with Crippen LogP contribution in [0.5, 0.6) is 5.75 Å². The monoisotopic (exact) mass is 295 g/mol. The van der Waals surface area contributed by atoms with Gasteiger partial charge in [0.15, 0.2) is 5.79 Å². The van der Waals surface area contributed by atoms with Gasteiger partial charge in [-0.15, -0.1) is 0 Å². The molecule has 6 nitrogen and oxygen atoms in total. The van der Waals surface area contributed by atoms with Crippen molar-refractivity contribution in [3.05, 3.63) is 24.3 Å². The Hall–Kier alpha value is -1.34. The third-order valence-corrected chi connectivity index (χ3v) is 3.95. The molecule has 2 saturated heterocycles. The van der Waals surface area contributed by atoms with E-state index in [-0.39, 0.29) is 5.75 Å². The van der Waals surface area contributed by atoms with E-state index >= 15 is 0 Å². The number of aliphatic hydroxyl groups is 2. The number of nitrogens with zero attached hydrogens (tertiary/aromatic N) is 1. The highest BCUT2D eigenvalue weighted by atomic mass is 16.8. The van der Waals surface area contributed by atoms with E-state index < -0.39 is 30.2 Å². The number of β-amino-alcohol motifs (C(OH)–C–C–N with tert-alkyl or cyclic N) is 2. The number of ether oxygens (including phenoxy) is 2. The Balaban J connectivity index is 1.82. The molecule has 0 radical (unpaired) electrons. The molecule has 0 unspecified atom stereocenters. The molecule has 2 aliphatic heterocycles. The zero-order chi connectivity index (χ0) is 15.2. The van der Waals surface area contributed by atoms with Crippen LogP contribution in [0.15, 0.2) is 24.3 Å².